The summed E-state index contributed by atoms with van der Waals surface area (Å²) in [7, 11) is 1.18. The normalized spacial score (nSPS) is 17.8. The average Bonchev–Trinajstić information content (AvgIpc) is 2.44. The molecule has 110 valence electrons. The molecule has 6 heteroatoms. The van der Waals surface area contributed by atoms with Crippen LogP contribution in [0.2, 0.25) is 5.02 Å². The van der Waals surface area contributed by atoms with E-state index in [4.69, 9.17) is 16.3 Å². The molecule has 2 rings (SSSR count). The Labute approximate surface area is 120 Å². The van der Waals surface area contributed by atoms with Gasteiger partial charge in [0, 0.05) is 5.56 Å². The summed E-state index contributed by atoms with van der Waals surface area (Å²) in [6, 6.07) is 1.18. The lowest BCUT2D eigenvalue weighted by molar-refractivity contribution is -0.145. The van der Waals surface area contributed by atoms with E-state index in [1.54, 1.807) is 0 Å². The van der Waals surface area contributed by atoms with Crippen LogP contribution in [0.15, 0.2) is 6.07 Å². The van der Waals surface area contributed by atoms with Gasteiger partial charge in [0.05, 0.1) is 17.5 Å². The van der Waals surface area contributed by atoms with E-state index in [1.165, 1.54) is 13.2 Å². The van der Waals surface area contributed by atoms with E-state index in [9.17, 15) is 18.7 Å². The second kappa shape index (κ2) is 5.56. The number of methoxy groups -OCH3 is 1. The molecular formula is C14H15ClF2O3. The number of carboxylic acids is 1. The van der Waals surface area contributed by atoms with Gasteiger partial charge in [0.1, 0.15) is 0 Å². The molecule has 0 unspecified atom stereocenters. The standard InChI is InChI=1S/C14H15ClF2O3/c1-20-12-9(15)7-8(10(16)11(12)17)14(13(18)19)5-3-2-4-6-14/h7H,2-6H2,1H3,(H,18,19). The van der Waals surface area contributed by atoms with E-state index in [1.807, 2.05) is 0 Å². The zero-order valence-electron chi connectivity index (χ0n) is 11.0. The first kappa shape index (κ1) is 15.0. The zero-order valence-corrected chi connectivity index (χ0v) is 11.8. The van der Waals surface area contributed by atoms with Gasteiger partial charge in [0.2, 0.25) is 5.82 Å². The van der Waals surface area contributed by atoms with Crippen LogP contribution in [0.25, 0.3) is 0 Å². The van der Waals surface area contributed by atoms with Gasteiger partial charge in [0.25, 0.3) is 0 Å². The van der Waals surface area contributed by atoms with Gasteiger partial charge in [-0.2, -0.15) is 4.39 Å². The molecule has 0 amide bonds. The maximum Gasteiger partial charge on any atom is 0.314 e. The Morgan fingerprint density at radius 2 is 1.90 bits per heavy atom. The van der Waals surface area contributed by atoms with Crippen molar-refractivity contribution in [1.29, 1.82) is 0 Å². The van der Waals surface area contributed by atoms with Crippen LogP contribution < -0.4 is 4.74 Å². The fourth-order valence-corrected chi connectivity index (χ4v) is 3.14. The highest BCUT2D eigenvalue weighted by Crippen LogP contribution is 2.44. The Balaban J connectivity index is 2.63. The minimum absolute atomic E-state index is 0.118. The van der Waals surface area contributed by atoms with Gasteiger partial charge in [-0.05, 0) is 18.9 Å². The minimum atomic E-state index is -1.40. The van der Waals surface area contributed by atoms with Crippen LogP contribution in [-0.4, -0.2) is 18.2 Å². The first-order chi connectivity index (χ1) is 9.44. The van der Waals surface area contributed by atoms with Gasteiger partial charge in [-0.15, -0.1) is 0 Å². The van der Waals surface area contributed by atoms with Crippen LogP contribution in [0.1, 0.15) is 37.7 Å². The molecule has 1 aliphatic carbocycles. The highest BCUT2D eigenvalue weighted by atomic mass is 35.5. The van der Waals surface area contributed by atoms with Crippen molar-refractivity contribution in [2.45, 2.75) is 37.5 Å². The maximum absolute atomic E-state index is 14.2. The predicted octanol–water partition coefficient (Wildman–Crippen LogP) is 3.91. The van der Waals surface area contributed by atoms with E-state index < -0.39 is 28.8 Å². The van der Waals surface area contributed by atoms with E-state index in [-0.39, 0.29) is 23.4 Å². The quantitative estimate of drug-likeness (QED) is 0.861. The lowest BCUT2D eigenvalue weighted by Gasteiger charge is -2.34. The van der Waals surface area contributed by atoms with Gasteiger partial charge >= 0.3 is 5.97 Å². The molecule has 0 atom stereocenters. The van der Waals surface area contributed by atoms with Crippen LogP contribution in [0.5, 0.6) is 5.75 Å². The Bertz CT molecular complexity index is 540. The topological polar surface area (TPSA) is 46.5 Å². The number of carbonyl (C=O) groups is 1. The number of halogens is 3. The monoisotopic (exact) mass is 304 g/mol. The summed E-state index contributed by atoms with van der Waals surface area (Å²) in [5, 5.41) is 9.39. The van der Waals surface area contributed by atoms with Crippen LogP contribution >= 0.6 is 11.6 Å². The lowest BCUT2D eigenvalue weighted by Crippen LogP contribution is -2.39. The van der Waals surface area contributed by atoms with E-state index in [0.29, 0.717) is 12.8 Å². The molecule has 0 heterocycles. The van der Waals surface area contributed by atoms with Gasteiger partial charge in [-0.25, -0.2) is 4.39 Å². The Hall–Kier alpha value is -1.36. The summed E-state index contributed by atoms with van der Waals surface area (Å²) in [4.78, 5) is 11.6. The third kappa shape index (κ3) is 2.24. The molecular weight excluding hydrogens is 290 g/mol. The van der Waals surface area contributed by atoms with Crippen molar-refractivity contribution in [3.63, 3.8) is 0 Å². The summed E-state index contributed by atoms with van der Waals surface area (Å²) in [5.41, 5.74) is -1.59. The van der Waals surface area contributed by atoms with Crippen molar-refractivity contribution in [3.05, 3.63) is 28.3 Å². The van der Waals surface area contributed by atoms with E-state index >= 15 is 0 Å². The number of aliphatic carboxylic acids is 1. The molecule has 1 saturated carbocycles. The summed E-state index contributed by atoms with van der Waals surface area (Å²) in [5.74, 6) is -3.96. The van der Waals surface area contributed by atoms with Gasteiger partial charge in [-0.1, -0.05) is 30.9 Å². The summed E-state index contributed by atoms with van der Waals surface area (Å²) < 4.78 is 32.9. The molecule has 1 N–H and O–H groups in total. The molecule has 3 nitrogen and oxygen atoms in total. The fourth-order valence-electron chi connectivity index (χ4n) is 2.87. The summed E-state index contributed by atoms with van der Waals surface area (Å²) >= 11 is 5.87. The van der Waals surface area contributed by atoms with Crippen molar-refractivity contribution < 1.29 is 23.4 Å². The molecule has 1 aliphatic rings. The van der Waals surface area contributed by atoms with Gasteiger partial charge in [0.15, 0.2) is 11.6 Å². The highest BCUT2D eigenvalue weighted by molar-refractivity contribution is 6.32. The van der Waals surface area contributed by atoms with E-state index in [0.717, 1.165) is 6.42 Å². The van der Waals surface area contributed by atoms with Gasteiger partial charge in [-0.3, -0.25) is 4.79 Å². The molecule has 0 aliphatic heterocycles. The van der Waals surface area contributed by atoms with Crippen molar-refractivity contribution in [3.8, 4) is 5.75 Å². The maximum atomic E-state index is 14.2. The Kier molecular flexibility index (Phi) is 4.18. The highest BCUT2D eigenvalue weighted by Gasteiger charge is 2.44. The SMILES string of the molecule is COc1c(Cl)cc(C2(C(=O)O)CCCCC2)c(F)c1F. The van der Waals surface area contributed by atoms with Gasteiger partial charge < -0.3 is 9.84 Å². The minimum Gasteiger partial charge on any atom is -0.492 e. The number of carboxylic acid groups (broad SMARTS) is 1. The van der Waals surface area contributed by atoms with Crippen LogP contribution in [0.4, 0.5) is 8.78 Å². The largest absolute Gasteiger partial charge is 0.492 e. The van der Waals surface area contributed by atoms with Crippen LogP contribution in [0.3, 0.4) is 0 Å². The predicted molar refractivity (Wildman–Crippen MR) is 70.3 cm³/mol. The third-order valence-electron chi connectivity index (χ3n) is 3.95. The number of hydrogen-bond donors (Lipinski definition) is 1. The fraction of sp³-hybridized carbons (Fsp3) is 0.500. The average molecular weight is 305 g/mol. The molecule has 0 saturated heterocycles. The third-order valence-corrected chi connectivity index (χ3v) is 4.23. The lowest BCUT2D eigenvalue weighted by atomic mass is 9.69. The number of hydrogen-bond acceptors (Lipinski definition) is 2. The molecule has 0 aromatic heterocycles. The van der Waals surface area contributed by atoms with E-state index in [2.05, 4.69) is 0 Å². The number of benzene rings is 1. The van der Waals surface area contributed by atoms with Crippen molar-refractivity contribution in [2.24, 2.45) is 0 Å². The molecule has 0 radical (unpaired) electrons. The van der Waals surface area contributed by atoms with Crippen molar-refractivity contribution in [2.75, 3.05) is 7.11 Å². The van der Waals surface area contributed by atoms with Crippen molar-refractivity contribution in [1.82, 2.24) is 0 Å². The molecule has 20 heavy (non-hydrogen) atoms. The summed E-state index contributed by atoms with van der Waals surface area (Å²) in [6.45, 7) is 0. The molecule has 0 bridgehead atoms. The Morgan fingerprint density at radius 1 is 1.30 bits per heavy atom. The summed E-state index contributed by atoms with van der Waals surface area (Å²) in [6.07, 6.45) is 2.78. The molecule has 1 fully saturated rings. The zero-order chi connectivity index (χ0) is 14.9. The smallest absolute Gasteiger partial charge is 0.314 e. The number of ether oxygens (including phenoxy) is 1. The van der Waals surface area contributed by atoms with Crippen LogP contribution in [0, 0.1) is 11.6 Å². The molecule has 1 aromatic rings. The number of rotatable bonds is 3. The van der Waals surface area contributed by atoms with Crippen LogP contribution in [-0.2, 0) is 10.2 Å². The second-order valence-corrected chi connectivity index (χ2v) is 5.42. The second-order valence-electron chi connectivity index (χ2n) is 5.02. The molecule has 0 spiro atoms. The first-order valence-corrected chi connectivity index (χ1v) is 6.77. The van der Waals surface area contributed by atoms with Crippen molar-refractivity contribution >= 4 is 17.6 Å². The molecule has 1 aromatic carbocycles. The Morgan fingerprint density at radius 3 is 2.40 bits per heavy atom. The first-order valence-electron chi connectivity index (χ1n) is 6.39.